The molecule has 7 nitrogen and oxygen atoms in total. The molecule has 2 aromatic carbocycles. The summed E-state index contributed by atoms with van der Waals surface area (Å²) in [5, 5.41) is 5.63. The third kappa shape index (κ3) is 5.32. The minimum atomic E-state index is -0.594. The third-order valence-electron chi connectivity index (χ3n) is 4.00. The van der Waals surface area contributed by atoms with Crippen molar-refractivity contribution in [3.8, 4) is 0 Å². The lowest BCUT2D eigenvalue weighted by atomic mass is 10.2. The van der Waals surface area contributed by atoms with Gasteiger partial charge in [0.1, 0.15) is 0 Å². The van der Waals surface area contributed by atoms with Gasteiger partial charge in [0, 0.05) is 6.54 Å². The number of hydrogen-bond acceptors (Lipinski definition) is 5. The molecular weight excluding hydrogens is 388 g/mol. The number of benzene rings is 2. The van der Waals surface area contributed by atoms with Gasteiger partial charge in [0.25, 0.3) is 5.56 Å². The van der Waals surface area contributed by atoms with Gasteiger partial charge in [-0.3, -0.25) is 19.5 Å². The van der Waals surface area contributed by atoms with E-state index in [1.54, 1.807) is 28.8 Å². The van der Waals surface area contributed by atoms with Crippen LogP contribution in [-0.2, 0) is 11.3 Å². The standard InChI is InChI=1S/C21H20N4O3S/c1-2-12-22-20(28)24-18(26)14-29-21-23-17-11-7-6-10-16(17)19(27)25(21)13-15-8-4-3-5-9-15/h2-11H,1,12-14H2,(H2,22,24,26,28). The van der Waals surface area contributed by atoms with Gasteiger partial charge >= 0.3 is 6.03 Å². The van der Waals surface area contributed by atoms with E-state index in [-0.39, 0.29) is 17.9 Å². The largest absolute Gasteiger partial charge is 0.334 e. The van der Waals surface area contributed by atoms with Crippen LogP contribution in [0.1, 0.15) is 5.56 Å². The first kappa shape index (κ1) is 20.3. The maximum atomic E-state index is 13.0. The van der Waals surface area contributed by atoms with E-state index in [1.165, 1.54) is 6.08 Å². The number of rotatable bonds is 7. The summed E-state index contributed by atoms with van der Waals surface area (Å²) in [4.78, 5) is 41.3. The fraction of sp³-hybridized carbons (Fsp3) is 0.143. The van der Waals surface area contributed by atoms with Crippen LogP contribution in [0.4, 0.5) is 4.79 Å². The lowest BCUT2D eigenvalue weighted by Crippen LogP contribution is -2.40. The van der Waals surface area contributed by atoms with Gasteiger partial charge < -0.3 is 5.32 Å². The number of nitrogens with zero attached hydrogens (tertiary/aromatic N) is 2. The smallest absolute Gasteiger partial charge is 0.321 e. The lowest BCUT2D eigenvalue weighted by Gasteiger charge is -2.13. The van der Waals surface area contributed by atoms with Gasteiger partial charge in [-0.05, 0) is 17.7 Å². The van der Waals surface area contributed by atoms with Crippen LogP contribution in [-0.4, -0.2) is 33.8 Å². The molecule has 0 fully saturated rings. The molecule has 0 atom stereocenters. The highest BCUT2D eigenvalue weighted by molar-refractivity contribution is 7.99. The second-order valence-corrected chi connectivity index (χ2v) is 7.07. The van der Waals surface area contributed by atoms with Gasteiger partial charge in [-0.1, -0.05) is 60.3 Å². The Morgan fingerprint density at radius 2 is 1.83 bits per heavy atom. The topological polar surface area (TPSA) is 93.1 Å². The number of hydrogen-bond donors (Lipinski definition) is 2. The van der Waals surface area contributed by atoms with Crippen molar-refractivity contribution in [2.45, 2.75) is 11.7 Å². The predicted molar refractivity (Wildman–Crippen MR) is 114 cm³/mol. The Hall–Kier alpha value is -3.39. The Balaban J connectivity index is 1.84. The van der Waals surface area contributed by atoms with Crippen LogP contribution in [0.2, 0.25) is 0 Å². The van der Waals surface area contributed by atoms with Crippen molar-refractivity contribution >= 4 is 34.6 Å². The van der Waals surface area contributed by atoms with Gasteiger partial charge in [0.2, 0.25) is 5.91 Å². The van der Waals surface area contributed by atoms with Crippen molar-refractivity contribution in [3.05, 3.63) is 83.2 Å². The summed E-state index contributed by atoms with van der Waals surface area (Å²) in [5.41, 5.74) is 1.33. The van der Waals surface area contributed by atoms with Crippen molar-refractivity contribution in [3.63, 3.8) is 0 Å². The SMILES string of the molecule is C=CCNC(=O)NC(=O)CSc1nc2ccccc2c(=O)n1Cc1ccccc1. The predicted octanol–water partition coefficient (Wildman–Crippen LogP) is 2.55. The molecule has 3 rings (SSSR count). The molecule has 0 bridgehead atoms. The molecule has 0 aliphatic carbocycles. The number of carbonyl (C=O) groups is 2. The first-order valence-corrected chi connectivity index (χ1v) is 9.92. The van der Waals surface area contributed by atoms with Crippen molar-refractivity contribution in [1.29, 1.82) is 0 Å². The number of fused-ring (bicyclic) bond motifs is 1. The maximum Gasteiger partial charge on any atom is 0.321 e. The summed E-state index contributed by atoms with van der Waals surface area (Å²) < 4.78 is 1.55. The van der Waals surface area contributed by atoms with E-state index >= 15 is 0 Å². The van der Waals surface area contributed by atoms with Gasteiger partial charge in [0.05, 0.1) is 23.2 Å². The minimum absolute atomic E-state index is 0.0545. The van der Waals surface area contributed by atoms with E-state index in [1.807, 2.05) is 30.3 Å². The zero-order valence-corrected chi connectivity index (χ0v) is 16.4. The van der Waals surface area contributed by atoms with E-state index in [4.69, 9.17) is 0 Å². The highest BCUT2D eigenvalue weighted by Gasteiger charge is 2.14. The van der Waals surface area contributed by atoms with Gasteiger partial charge in [-0.25, -0.2) is 9.78 Å². The molecule has 0 aliphatic heterocycles. The molecule has 0 spiro atoms. The Morgan fingerprint density at radius 3 is 2.59 bits per heavy atom. The van der Waals surface area contributed by atoms with Crippen LogP contribution in [0.5, 0.6) is 0 Å². The molecule has 3 amide bonds. The normalized spacial score (nSPS) is 10.5. The summed E-state index contributed by atoms with van der Waals surface area (Å²) in [7, 11) is 0. The Morgan fingerprint density at radius 1 is 1.10 bits per heavy atom. The molecule has 8 heteroatoms. The number of imide groups is 1. The Bertz CT molecular complexity index is 1100. The number of nitrogens with one attached hydrogen (secondary N) is 2. The number of para-hydroxylation sites is 1. The quantitative estimate of drug-likeness (QED) is 0.356. The number of thioether (sulfide) groups is 1. The van der Waals surface area contributed by atoms with Crippen LogP contribution in [0.15, 0.2) is 77.2 Å². The van der Waals surface area contributed by atoms with E-state index in [0.29, 0.717) is 22.6 Å². The molecule has 3 aromatic rings. The third-order valence-corrected chi connectivity index (χ3v) is 4.98. The fourth-order valence-electron chi connectivity index (χ4n) is 2.67. The molecular formula is C21H20N4O3S. The average molecular weight is 408 g/mol. The average Bonchev–Trinajstić information content (AvgIpc) is 2.74. The summed E-state index contributed by atoms with van der Waals surface area (Å²) in [6, 6.07) is 16.1. The molecule has 148 valence electrons. The van der Waals surface area contributed by atoms with E-state index < -0.39 is 11.9 Å². The van der Waals surface area contributed by atoms with Crippen LogP contribution in [0, 0.1) is 0 Å². The molecule has 29 heavy (non-hydrogen) atoms. The maximum absolute atomic E-state index is 13.0. The molecule has 1 heterocycles. The number of urea groups is 1. The molecule has 1 aromatic heterocycles. The van der Waals surface area contributed by atoms with E-state index in [2.05, 4.69) is 22.2 Å². The van der Waals surface area contributed by atoms with Crippen molar-refractivity contribution in [2.75, 3.05) is 12.3 Å². The first-order valence-electron chi connectivity index (χ1n) is 8.93. The van der Waals surface area contributed by atoms with Crippen LogP contribution < -0.4 is 16.2 Å². The molecule has 0 saturated heterocycles. The van der Waals surface area contributed by atoms with Crippen molar-refractivity contribution < 1.29 is 9.59 Å². The van der Waals surface area contributed by atoms with Crippen LogP contribution in [0.25, 0.3) is 10.9 Å². The zero-order chi connectivity index (χ0) is 20.6. The molecule has 2 N–H and O–H groups in total. The second kappa shape index (κ2) is 9.70. The monoisotopic (exact) mass is 408 g/mol. The summed E-state index contributed by atoms with van der Waals surface area (Å²) in [6.07, 6.45) is 1.51. The molecule has 0 unspecified atom stereocenters. The van der Waals surface area contributed by atoms with Gasteiger partial charge in [-0.15, -0.1) is 6.58 Å². The van der Waals surface area contributed by atoms with Crippen LogP contribution in [0.3, 0.4) is 0 Å². The molecule has 0 saturated carbocycles. The highest BCUT2D eigenvalue weighted by Crippen LogP contribution is 2.18. The van der Waals surface area contributed by atoms with Crippen molar-refractivity contribution in [1.82, 2.24) is 20.2 Å². The first-order chi connectivity index (χ1) is 14.1. The van der Waals surface area contributed by atoms with Crippen molar-refractivity contribution in [2.24, 2.45) is 0 Å². The van der Waals surface area contributed by atoms with Gasteiger partial charge in [0.15, 0.2) is 5.16 Å². The zero-order valence-electron chi connectivity index (χ0n) is 15.6. The summed E-state index contributed by atoms with van der Waals surface area (Å²) in [5.74, 6) is -0.536. The number of carbonyl (C=O) groups excluding carboxylic acids is 2. The molecule has 0 radical (unpaired) electrons. The summed E-state index contributed by atoms with van der Waals surface area (Å²) >= 11 is 1.11. The Labute approximate surface area is 171 Å². The van der Waals surface area contributed by atoms with E-state index in [0.717, 1.165) is 17.3 Å². The summed E-state index contributed by atoms with van der Waals surface area (Å²) in [6.45, 7) is 4.09. The number of amides is 3. The van der Waals surface area contributed by atoms with Crippen LogP contribution >= 0.6 is 11.8 Å². The second-order valence-electron chi connectivity index (χ2n) is 6.12. The number of aromatic nitrogens is 2. The highest BCUT2D eigenvalue weighted by atomic mass is 32.2. The lowest BCUT2D eigenvalue weighted by molar-refractivity contribution is -0.117. The van der Waals surface area contributed by atoms with E-state index in [9.17, 15) is 14.4 Å². The Kier molecular flexibility index (Phi) is 6.80. The van der Waals surface area contributed by atoms with Gasteiger partial charge in [-0.2, -0.15) is 0 Å². The minimum Gasteiger partial charge on any atom is -0.334 e. The fourth-order valence-corrected chi connectivity index (χ4v) is 3.46. The molecule has 0 aliphatic rings.